The van der Waals surface area contributed by atoms with Crippen LogP contribution in [0.1, 0.15) is 13.8 Å². The quantitative estimate of drug-likeness (QED) is 0.688. The van der Waals surface area contributed by atoms with Crippen LogP contribution in [-0.4, -0.2) is 48.4 Å². The monoisotopic (exact) mass is 241 g/mol. The van der Waals surface area contributed by atoms with Crippen molar-refractivity contribution >= 4 is 11.9 Å². The molecule has 17 heavy (non-hydrogen) atoms. The third-order valence-electron chi connectivity index (χ3n) is 2.18. The highest BCUT2D eigenvalue weighted by Crippen LogP contribution is 2.12. The Balaban J connectivity index is 2.76. The zero-order valence-electron chi connectivity index (χ0n) is 10.5. The molecule has 1 aromatic heterocycles. The average Bonchev–Trinajstić information content (AvgIpc) is 2.34. The first-order valence-corrected chi connectivity index (χ1v) is 5.59. The molecule has 96 valence electrons. The second-order valence-corrected chi connectivity index (χ2v) is 3.26. The minimum atomic E-state index is 0.154. The molecule has 0 saturated carbocycles. The number of methoxy groups -OCH3 is 1. The normalized spacial score (nSPS) is 10.3. The lowest BCUT2D eigenvalue weighted by Crippen LogP contribution is -2.29. The van der Waals surface area contributed by atoms with E-state index in [2.05, 4.69) is 15.0 Å². The molecule has 0 radical (unpaired) electrons. The lowest BCUT2D eigenvalue weighted by atomic mass is 10.5. The van der Waals surface area contributed by atoms with Crippen molar-refractivity contribution < 1.29 is 9.47 Å². The fraction of sp³-hybridized carbons (Fsp3) is 0.700. The predicted molar refractivity (Wildman–Crippen MR) is 65.2 cm³/mol. The molecule has 1 rings (SSSR count). The number of hydrogen-bond donors (Lipinski definition) is 1. The molecule has 2 N–H and O–H groups in total. The molecule has 0 atom stereocenters. The second kappa shape index (κ2) is 6.85. The molecule has 1 heterocycles. The maximum Gasteiger partial charge on any atom is 0.322 e. The Hall–Kier alpha value is -1.63. The minimum absolute atomic E-state index is 0.154. The summed E-state index contributed by atoms with van der Waals surface area (Å²) in [6, 6.07) is 0.224. The summed E-state index contributed by atoms with van der Waals surface area (Å²) in [5.41, 5.74) is 5.58. The number of anilines is 2. The summed E-state index contributed by atoms with van der Waals surface area (Å²) in [6.45, 7) is 6.76. The maximum absolute atomic E-state index is 5.58. The van der Waals surface area contributed by atoms with E-state index in [0.29, 0.717) is 25.7 Å². The van der Waals surface area contributed by atoms with Gasteiger partial charge in [-0.1, -0.05) is 0 Å². The van der Waals surface area contributed by atoms with Crippen molar-refractivity contribution in [2.24, 2.45) is 0 Å². The van der Waals surface area contributed by atoms with Gasteiger partial charge in [0.2, 0.25) is 11.9 Å². The van der Waals surface area contributed by atoms with Crippen molar-refractivity contribution in [2.45, 2.75) is 13.8 Å². The molecular formula is C10H19N5O2. The summed E-state index contributed by atoms with van der Waals surface area (Å²) >= 11 is 0. The van der Waals surface area contributed by atoms with E-state index in [0.717, 1.165) is 6.54 Å². The molecule has 0 spiro atoms. The summed E-state index contributed by atoms with van der Waals surface area (Å²) < 4.78 is 10.3. The highest BCUT2D eigenvalue weighted by Gasteiger charge is 2.11. The Morgan fingerprint density at radius 3 is 2.59 bits per heavy atom. The van der Waals surface area contributed by atoms with E-state index in [-0.39, 0.29) is 12.0 Å². The van der Waals surface area contributed by atoms with Gasteiger partial charge in [0.25, 0.3) is 0 Å². The van der Waals surface area contributed by atoms with Gasteiger partial charge in [0.05, 0.1) is 13.7 Å². The van der Waals surface area contributed by atoms with Gasteiger partial charge >= 0.3 is 6.01 Å². The van der Waals surface area contributed by atoms with Crippen LogP contribution >= 0.6 is 0 Å². The van der Waals surface area contributed by atoms with Gasteiger partial charge in [0, 0.05) is 19.7 Å². The lowest BCUT2D eigenvalue weighted by molar-refractivity contribution is 0.153. The Bertz CT molecular complexity index is 347. The van der Waals surface area contributed by atoms with Gasteiger partial charge in [-0.15, -0.1) is 0 Å². The van der Waals surface area contributed by atoms with Gasteiger partial charge in [-0.25, -0.2) is 0 Å². The molecule has 0 fully saturated rings. The van der Waals surface area contributed by atoms with Crippen LogP contribution in [0.3, 0.4) is 0 Å². The Morgan fingerprint density at radius 1 is 1.24 bits per heavy atom. The number of rotatable bonds is 7. The first-order chi connectivity index (χ1) is 8.21. The summed E-state index contributed by atoms with van der Waals surface area (Å²) in [4.78, 5) is 14.0. The molecule has 0 aromatic carbocycles. The number of aromatic nitrogens is 3. The molecule has 1 aromatic rings. The van der Waals surface area contributed by atoms with Crippen LogP contribution in [-0.2, 0) is 4.74 Å². The van der Waals surface area contributed by atoms with Crippen molar-refractivity contribution in [1.29, 1.82) is 0 Å². The van der Waals surface area contributed by atoms with E-state index in [9.17, 15) is 0 Å². The van der Waals surface area contributed by atoms with Gasteiger partial charge in [0.1, 0.15) is 0 Å². The molecule has 0 aliphatic carbocycles. The van der Waals surface area contributed by atoms with Crippen LogP contribution in [0, 0.1) is 0 Å². The molecule has 7 heteroatoms. The smallest absolute Gasteiger partial charge is 0.322 e. The van der Waals surface area contributed by atoms with Crippen LogP contribution in [0.5, 0.6) is 6.01 Å². The summed E-state index contributed by atoms with van der Waals surface area (Å²) in [6.07, 6.45) is 0. The van der Waals surface area contributed by atoms with E-state index in [1.165, 1.54) is 7.11 Å². The molecule has 0 amide bonds. The van der Waals surface area contributed by atoms with Crippen LogP contribution in [0.15, 0.2) is 0 Å². The topological polar surface area (TPSA) is 86.4 Å². The van der Waals surface area contributed by atoms with Crippen LogP contribution < -0.4 is 15.4 Å². The van der Waals surface area contributed by atoms with Gasteiger partial charge in [-0.2, -0.15) is 15.0 Å². The zero-order chi connectivity index (χ0) is 12.7. The highest BCUT2D eigenvalue weighted by molar-refractivity contribution is 5.35. The van der Waals surface area contributed by atoms with E-state index in [1.54, 1.807) is 0 Å². The van der Waals surface area contributed by atoms with Crippen LogP contribution in [0.2, 0.25) is 0 Å². The molecule has 0 unspecified atom stereocenters. The first-order valence-electron chi connectivity index (χ1n) is 5.59. The third kappa shape index (κ3) is 4.03. The number of ether oxygens (including phenoxy) is 2. The Morgan fingerprint density at radius 2 is 2.00 bits per heavy atom. The van der Waals surface area contributed by atoms with Gasteiger partial charge < -0.3 is 20.1 Å². The van der Waals surface area contributed by atoms with E-state index in [4.69, 9.17) is 15.2 Å². The second-order valence-electron chi connectivity index (χ2n) is 3.26. The molecule has 0 bridgehead atoms. The molecule has 0 aliphatic heterocycles. The summed E-state index contributed by atoms with van der Waals surface area (Å²) in [5, 5.41) is 0. The number of nitrogens with two attached hydrogens (primary N) is 1. The van der Waals surface area contributed by atoms with Crippen molar-refractivity contribution in [3.8, 4) is 6.01 Å². The number of nitrogen functional groups attached to an aromatic ring is 1. The summed E-state index contributed by atoms with van der Waals surface area (Å²) in [7, 11) is 1.50. The number of likely N-dealkylation sites (N-methyl/N-ethyl adjacent to an activating group) is 1. The predicted octanol–water partition coefficient (Wildman–Crippen LogP) is 0.325. The molecular weight excluding hydrogens is 222 g/mol. The van der Waals surface area contributed by atoms with Gasteiger partial charge in [-0.3, -0.25) is 0 Å². The first kappa shape index (κ1) is 13.4. The van der Waals surface area contributed by atoms with E-state index in [1.807, 2.05) is 18.7 Å². The molecule has 7 nitrogen and oxygen atoms in total. The largest absolute Gasteiger partial charge is 0.467 e. The Labute approximate surface area is 101 Å². The average molecular weight is 241 g/mol. The standard InChI is InChI=1S/C10H19N5O2/c1-4-15(6-7-17-5-2)9-12-8(11)13-10(14-9)16-3/h4-7H2,1-3H3,(H2,11,12,13,14). The van der Waals surface area contributed by atoms with Crippen LogP contribution in [0.4, 0.5) is 11.9 Å². The van der Waals surface area contributed by atoms with Crippen molar-refractivity contribution in [3.05, 3.63) is 0 Å². The fourth-order valence-electron chi connectivity index (χ4n) is 1.31. The Kier molecular flexibility index (Phi) is 5.41. The minimum Gasteiger partial charge on any atom is -0.467 e. The van der Waals surface area contributed by atoms with Gasteiger partial charge in [0.15, 0.2) is 0 Å². The molecule has 0 aliphatic rings. The summed E-state index contributed by atoms with van der Waals surface area (Å²) in [5.74, 6) is 0.665. The van der Waals surface area contributed by atoms with Crippen molar-refractivity contribution in [2.75, 3.05) is 44.0 Å². The number of hydrogen-bond acceptors (Lipinski definition) is 7. The SMILES string of the molecule is CCOCCN(CC)c1nc(N)nc(OC)n1. The lowest BCUT2D eigenvalue weighted by Gasteiger charge is -2.20. The van der Waals surface area contributed by atoms with Gasteiger partial charge in [-0.05, 0) is 13.8 Å². The molecule has 0 saturated heterocycles. The van der Waals surface area contributed by atoms with Crippen LogP contribution in [0.25, 0.3) is 0 Å². The third-order valence-corrected chi connectivity index (χ3v) is 2.18. The van der Waals surface area contributed by atoms with Crippen molar-refractivity contribution in [1.82, 2.24) is 15.0 Å². The number of nitrogens with zero attached hydrogens (tertiary/aromatic N) is 4. The maximum atomic E-state index is 5.58. The van der Waals surface area contributed by atoms with E-state index >= 15 is 0 Å². The zero-order valence-corrected chi connectivity index (χ0v) is 10.5. The fourth-order valence-corrected chi connectivity index (χ4v) is 1.31. The highest BCUT2D eigenvalue weighted by atomic mass is 16.5. The van der Waals surface area contributed by atoms with E-state index < -0.39 is 0 Å². The van der Waals surface area contributed by atoms with Crippen molar-refractivity contribution in [3.63, 3.8) is 0 Å².